The van der Waals surface area contributed by atoms with E-state index in [1.807, 2.05) is 0 Å². The van der Waals surface area contributed by atoms with E-state index in [2.05, 4.69) is 5.43 Å². The van der Waals surface area contributed by atoms with Gasteiger partial charge in [0.2, 0.25) is 0 Å². The Balaban J connectivity index is 2.86. The Morgan fingerprint density at radius 2 is 2.00 bits per heavy atom. The SMILES string of the molecule is CC(=O)COCCOCCNN. The van der Waals surface area contributed by atoms with Crippen molar-refractivity contribution in [3.05, 3.63) is 0 Å². The highest BCUT2D eigenvalue weighted by Gasteiger charge is 1.92. The molecule has 3 N–H and O–H groups in total. The zero-order valence-electron chi connectivity index (χ0n) is 7.34. The van der Waals surface area contributed by atoms with Crippen LogP contribution in [0.2, 0.25) is 0 Å². The van der Waals surface area contributed by atoms with Gasteiger partial charge in [0, 0.05) is 6.54 Å². The topological polar surface area (TPSA) is 73.6 Å². The van der Waals surface area contributed by atoms with Crippen LogP contribution in [0, 0.1) is 0 Å². The van der Waals surface area contributed by atoms with Crippen molar-refractivity contribution in [2.45, 2.75) is 6.92 Å². The van der Waals surface area contributed by atoms with Crippen molar-refractivity contribution in [3.8, 4) is 0 Å². The Morgan fingerprint density at radius 1 is 1.33 bits per heavy atom. The molecule has 72 valence electrons. The number of ketones is 1. The molecule has 0 aromatic carbocycles. The Kier molecular flexibility index (Phi) is 8.25. The number of carbonyl (C=O) groups excluding carboxylic acids is 1. The molecule has 0 spiro atoms. The number of carbonyl (C=O) groups is 1. The number of ether oxygens (including phenoxy) is 2. The van der Waals surface area contributed by atoms with Gasteiger partial charge in [-0.2, -0.15) is 0 Å². The van der Waals surface area contributed by atoms with Crippen LogP contribution in [0.3, 0.4) is 0 Å². The summed E-state index contributed by atoms with van der Waals surface area (Å²) >= 11 is 0. The number of rotatable bonds is 8. The molecule has 5 heteroatoms. The lowest BCUT2D eigenvalue weighted by Gasteiger charge is -2.03. The summed E-state index contributed by atoms with van der Waals surface area (Å²) < 4.78 is 10.0. The van der Waals surface area contributed by atoms with Crippen LogP contribution in [0.25, 0.3) is 0 Å². The third kappa shape index (κ3) is 9.51. The van der Waals surface area contributed by atoms with Crippen LogP contribution in [-0.4, -0.2) is 38.8 Å². The molecule has 0 aliphatic carbocycles. The average Bonchev–Trinajstić information content (AvgIpc) is 2.02. The normalized spacial score (nSPS) is 10.2. The summed E-state index contributed by atoms with van der Waals surface area (Å²) in [5.74, 6) is 5.03. The van der Waals surface area contributed by atoms with Crippen molar-refractivity contribution in [2.24, 2.45) is 5.84 Å². The van der Waals surface area contributed by atoms with E-state index < -0.39 is 0 Å². The maximum atomic E-state index is 10.4. The third-order valence-electron chi connectivity index (χ3n) is 1.07. The number of hydrogen-bond donors (Lipinski definition) is 2. The standard InChI is InChI=1S/C7H16N2O3/c1-7(10)6-12-5-4-11-3-2-9-8/h9H,2-6,8H2,1H3. The van der Waals surface area contributed by atoms with Crippen LogP contribution in [0.15, 0.2) is 0 Å². The molecular formula is C7H16N2O3. The van der Waals surface area contributed by atoms with E-state index in [0.717, 1.165) is 0 Å². The fraction of sp³-hybridized carbons (Fsp3) is 0.857. The molecular weight excluding hydrogens is 160 g/mol. The maximum absolute atomic E-state index is 10.4. The molecule has 0 aromatic rings. The molecule has 0 aromatic heterocycles. The molecule has 0 amide bonds. The lowest BCUT2D eigenvalue weighted by Crippen LogP contribution is -2.26. The van der Waals surface area contributed by atoms with E-state index in [-0.39, 0.29) is 12.4 Å². The summed E-state index contributed by atoms with van der Waals surface area (Å²) in [4.78, 5) is 10.4. The van der Waals surface area contributed by atoms with Gasteiger partial charge < -0.3 is 9.47 Å². The summed E-state index contributed by atoms with van der Waals surface area (Å²) in [7, 11) is 0. The molecule has 0 saturated heterocycles. The maximum Gasteiger partial charge on any atom is 0.155 e. The summed E-state index contributed by atoms with van der Waals surface area (Å²) in [6.07, 6.45) is 0. The number of nitrogens with two attached hydrogens (primary N) is 1. The highest BCUT2D eigenvalue weighted by atomic mass is 16.5. The summed E-state index contributed by atoms with van der Waals surface area (Å²) in [6.45, 7) is 3.77. The van der Waals surface area contributed by atoms with Crippen LogP contribution in [0.1, 0.15) is 6.92 Å². The minimum Gasteiger partial charge on any atom is -0.378 e. The van der Waals surface area contributed by atoms with Gasteiger partial charge in [-0.25, -0.2) is 0 Å². The van der Waals surface area contributed by atoms with Gasteiger partial charge in [0.1, 0.15) is 6.61 Å². The molecule has 0 aliphatic heterocycles. The van der Waals surface area contributed by atoms with Crippen molar-refractivity contribution >= 4 is 5.78 Å². The zero-order valence-corrected chi connectivity index (χ0v) is 7.34. The van der Waals surface area contributed by atoms with Crippen molar-refractivity contribution in [1.82, 2.24) is 5.43 Å². The molecule has 0 atom stereocenters. The second kappa shape index (κ2) is 8.61. The van der Waals surface area contributed by atoms with Gasteiger partial charge in [0.25, 0.3) is 0 Å². The van der Waals surface area contributed by atoms with E-state index in [1.54, 1.807) is 0 Å². The van der Waals surface area contributed by atoms with Gasteiger partial charge >= 0.3 is 0 Å². The first-order valence-electron chi connectivity index (χ1n) is 3.85. The lowest BCUT2D eigenvalue weighted by atomic mass is 10.5. The molecule has 5 nitrogen and oxygen atoms in total. The second-order valence-electron chi connectivity index (χ2n) is 2.32. The Labute approximate surface area is 72.2 Å². The molecule has 0 unspecified atom stereocenters. The van der Waals surface area contributed by atoms with Gasteiger partial charge in [0.15, 0.2) is 5.78 Å². The highest BCUT2D eigenvalue weighted by Crippen LogP contribution is 1.78. The van der Waals surface area contributed by atoms with E-state index in [9.17, 15) is 4.79 Å². The number of nitrogens with one attached hydrogen (secondary N) is 1. The van der Waals surface area contributed by atoms with Crippen molar-refractivity contribution < 1.29 is 14.3 Å². The average molecular weight is 176 g/mol. The fourth-order valence-corrected chi connectivity index (χ4v) is 0.567. The molecule has 12 heavy (non-hydrogen) atoms. The Morgan fingerprint density at radius 3 is 2.58 bits per heavy atom. The predicted octanol–water partition coefficient (Wildman–Crippen LogP) is -0.928. The van der Waals surface area contributed by atoms with Crippen molar-refractivity contribution in [1.29, 1.82) is 0 Å². The first-order valence-corrected chi connectivity index (χ1v) is 3.85. The second-order valence-corrected chi connectivity index (χ2v) is 2.32. The molecule has 0 heterocycles. The first-order chi connectivity index (χ1) is 5.77. The van der Waals surface area contributed by atoms with E-state index >= 15 is 0 Å². The van der Waals surface area contributed by atoms with E-state index in [0.29, 0.717) is 26.4 Å². The van der Waals surface area contributed by atoms with Gasteiger partial charge in [-0.3, -0.25) is 16.1 Å². The van der Waals surface area contributed by atoms with Gasteiger partial charge in [-0.15, -0.1) is 0 Å². The van der Waals surface area contributed by atoms with Crippen LogP contribution < -0.4 is 11.3 Å². The monoisotopic (exact) mass is 176 g/mol. The van der Waals surface area contributed by atoms with E-state index in [4.69, 9.17) is 15.3 Å². The molecule has 0 radical (unpaired) electrons. The minimum absolute atomic E-state index is 0.0265. The Hall–Kier alpha value is -0.490. The largest absolute Gasteiger partial charge is 0.378 e. The number of hydrogen-bond acceptors (Lipinski definition) is 5. The van der Waals surface area contributed by atoms with Crippen LogP contribution in [-0.2, 0) is 14.3 Å². The van der Waals surface area contributed by atoms with Crippen LogP contribution in [0.4, 0.5) is 0 Å². The molecule has 0 bridgehead atoms. The molecule has 0 saturated carbocycles. The van der Waals surface area contributed by atoms with Crippen LogP contribution in [0.5, 0.6) is 0 Å². The zero-order chi connectivity index (χ0) is 9.23. The van der Waals surface area contributed by atoms with Crippen molar-refractivity contribution in [2.75, 3.05) is 33.0 Å². The highest BCUT2D eigenvalue weighted by molar-refractivity contribution is 5.76. The number of hydrazine groups is 1. The van der Waals surface area contributed by atoms with Gasteiger partial charge in [0.05, 0.1) is 19.8 Å². The lowest BCUT2D eigenvalue weighted by molar-refractivity contribution is -0.121. The van der Waals surface area contributed by atoms with E-state index in [1.165, 1.54) is 6.92 Å². The first kappa shape index (κ1) is 11.5. The predicted molar refractivity (Wildman–Crippen MR) is 44.5 cm³/mol. The van der Waals surface area contributed by atoms with Gasteiger partial charge in [-0.1, -0.05) is 0 Å². The van der Waals surface area contributed by atoms with Crippen LogP contribution >= 0.6 is 0 Å². The third-order valence-corrected chi connectivity index (χ3v) is 1.07. The molecule has 0 aliphatic rings. The summed E-state index contributed by atoms with van der Waals surface area (Å²) in [5.41, 5.74) is 2.46. The fourth-order valence-electron chi connectivity index (χ4n) is 0.567. The summed E-state index contributed by atoms with van der Waals surface area (Å²) in [6, 6.07) is 0. The molecule has 0 fully saturated rings. The number of Topliss-reactive ketones (excluding diaryl/α,β-unsaturated/α-hetero) is 1. The molecule has 0 rings (SSSR count). The van der Waals surface area contributed by atoms with Crippen molar-refractivity contribution in [3.63, 3.8) is 0 Å². The van der Waals surface area contributed by atoms with Gasteiger partial charge in [-0.05, 0) is 6.92 Å². The Bertz CT molecular complexity index is 119. The summed E-state index contributed by atoms with van der Waals surface area (Å²) in [5, 5.41) is 0. The smallest absolute Gasteiger partial charge is 0.155 e. The quantitative estimate of drug-likeness (QED) is 0.284. The minimum atomic E-state index is 0.0265.